The molecule has 8 heteroatoms. The molecule has 2 aromatic rings. The van der Waals surface area contributed by atoms with E-state index in [4.69, 9.17) is 14.2 Å². The molecule has 1 atom stereocenters. The summed E-state index contributed by atoms with van der Waals surface area (Å²) < 4.78 is 15.8. The molecule has 0 spiro atoms. The molecule has 0 aromatic heterocycles. The number of carbonyl (C=O) groups is 1. The molecule has 1 aliphatic rings. The summed E-state index contributed by atoms with van der Waals surface area (Å²) in [7, 11) is 4.80. The zero-order chi connectivity index (χ0) is 21.5. The topological polar surface area (TPSA) is 72.7 Å². The van der Waals surface area contributed by atoms with E-state index in [0.717, 1.165) is 23.3 Å². The van der Waals surface area contributed by atoms with Gasteiger partial charge in [-0.1, -0.05) is 30.8 Å². The number of benzene rings is 2. The third kappa shape index (κ3) is 4.94. The van der Waals surface area contributed by atoms with Gasteiger partial charge in [0.05, 0.1) is 39.3 Å². The number of amidine groups is 1. The number of hydrogen-bond donors (Lipinski definition) is 0. The first-order chi connectivity index (χ1) is 14.6. The van der Waals surface area contributed by atoms with Crippen molar-refractivity contribution in [3.05, 3.63) is 53.6 Å². The maximum Gasteiger partial charge on any atom is 0.242 e. The fraction of sp³-hybridized carbons (Fsp3) is 0.318. The van der Waals surface area contributed by atoms with E-state index in [1.165, 1.54) is 11.8 Å². The number of rotatable bonds is 8. The van der Waals surface area contributed by atoms with Gasteiger partial charge in [0.2, 0.25) is 5.91 Å². The van der Waals surface area contributed by atoms with Crippen molar-refractivity contribution in [1.82, 2.24) is 4.90 Å². The van der Waals surface area contributed by atoms with Crippen molar-refractivity contribution in [2.75, 3.05) is 21.3 Å². The molecular formula is C22H25N3O4S. The fourth-order valence-corrected chi connectivity index (χ4v) is 4.01. The standard InChI is InChI=1S/C22H25N3O4S/c1-5-20-21(26)25(14-15-6-9-17(27-2)10-7-15)22(30-20)24-23-13-16-8-11-18(28-3)19(12-16)29-4/h6-13,20H,5,14H2,1-4H3. The number of hydrogen-bond acceptors (Lipinski definition) is 7. The van der Waals surface area contributed by atoms with Crippen molar-refractivity contribution in [1.29, 1.82) is 0 Å². The number of ether oxygens (including phenoxy) is 3. The van der Waals surface area contributed by atoms with Gasteiger partial charge in [0.25, 0.3) is 0 Å². The van der Waals surface area contributed by atoms with Gasteiger partial charge in [0.1, 0.15) is 5.75 Å². The van der Waals surface area contributed by atoms with Crippen LogP contribution >= 0.6 is 11.8 Å². The highest BCUT2D eigenvalue weighted by molar-refractivity contribution is 8.15. The molecule has 0 N–H and O–H groups in total. The van der Waals surface area contributed by atoms with E-state index in [-0.39, 0.29) is 11.2 Å². The average Bonchev–Trinajstić information content (AvgIpc) is 3.08. The van der Waals surface area contributed by atoms with E-state index in [0.29, 0.717) is 23.2 Å². The molecule has 0 radical (unpaired) electrons. The van der Waals surface area contributed by atoms with E-state index < -0.39 is 0 Å². The number of amides is 1. The van der Waals surface area contributed by atoms with Gasteiger partial charge >= 0.3 is 0 Å². The second-order valence-electron chi connectivity index (χ2n) is 6.53. The van der Waals surface area contributed by atoms with Crippen LogP contribution in [0.1, 0.15) is 24.5 Å². The van der Waals surface area contributed by atoms with Crippen molar-refractivity contribution < 1.29 is 19.0 Å². The molecule has 1 fully saturated rings. The summed E-state index contributed by atoms with van der Waals surface area (Å²) in [5, 5.41) is 9.00. The minimum atomic E-state index is -0.140. The number of carbonyl (C=O) groups excluding carboxylic acids is 1. The molecule has 7 nitrogen and oxygen atoms in total. The smallest absolute Gasteiger partial charge is 0.242 e. The third-order valence-electron chi connectivity index (χ3n) is 4.65. The Morgan fingerprint density at radius 1 is 1.03 bits per heavy atom. The van der Waals surface area contributed by atoms with Crippen LogP contribution in [0.2, 0.25) is 0 Å². The molecule has 158 valence electrons. The maximum absolute atomic E-state index is 12.8. The lowest BCUT2D eigenvalue weighted by Crippen LogP contribution is -2.31. The average molecular weight is 428 g/mol. The molecule has 1 amide bonds. The fourth-order valence-electron chi connectivity index (χ4n) is 2.98. The molecule has 0 aliphatic carbocycles. The van der Waals surface area contributed by atoms with E-state index in [1.54, 1.807) is 32.4 Å². The van der Waals surface area contributed by atoms with Crippen molar-refractivity contribution in [2.24, 2.45) is 10.2 Å². The Hall–Kier alpha value is -3.00. The third-order valence-corrected chi connectivity index (χ3v) is 5.98. The Kier molecular flexibility index (Phi) is 7.35. The summed E-state index contributed by atoms with van der Waals surface area (Å²) >= 11 is 1.45. The molecule has 1 aliphatic heterocycles. The van der Waals surface area contributed by atoms with E-state index in [9.17, 15) is 4.79 Å². The van der Waals surface area contributed by atoms with E-state index in [2.05, 4.69) is 10.2 Å². The Labute approximate surface area is 180 Å². The van der Waals surface area contributed by atoms with Gasteiger partial charge in [0.15, 0.2) is 16.7 Å². The predicted molar refractivity (Wildman–Crippen MR) is 120 cm³/mol. The van der Waals surface area contributed by atoms with Gasteiger partial charge in [0, 0.05) is 0 Å². The lowest BCUT2D eigenvalue weighted by atomic mass is 10.2. The van der Waals surface area contributed by atoms with Gasteiger partial charge in [-0.15, -0.1) is 5.10 Å². The van der Waals surface area contributed by atoms with Crippen molar-refractivity contribution >= 4 is 29.1 Å². The van der Waals surface area contributed by atoms with Crippen LogP contribution < -0.4 is 14.2 Å². The molecule has 0 saturated carbocycles. The van der Waals surface area contributed by atoms with Crippen LogP contribution in [0.3, 0.4) is 0 Å². The summed E-state index contributed by atoms with van der Waals surface area (Å²) in [5.41, 5.74) is 1.82. The van der Waals surface area contributed by atoms with Crippen LogP contribution in [0, 0.1) is 0 Å². The highest BCUT2D eigenvalue weighted by atomic mass is 32.2. The second-order valence-corrected chi connectivity index (χ2v) is 7.70. The second kappa shape index (κ2) is 10.2. The molecule has 2 aromatic carbocycles. The Morgan fingerprint density at radius 3 is 2.40 bits per heavy atom. The van der Waals surface area contributed by atoms with Crippen LogP contribution in [-0.2, 0) is 11.3 Å². The van der Waals surface area contributed by atoms with Gasteiger partial charge < -0.3 is 14.2 Å². The molecule has 3 rings (SSSR count). The largest absolute Gasteiger partial charge is 0.497 e. The van der Waals surface area contributed by atoms with Crippen LogP contribution in [0.4, 0.5) is 0 Å². The Bertz CT molecular complexity index is 944. The first-order valence-electron chi connectivity index (χ1n) is 9.53. The molecule has 30 heavy (non-hydrogen) atoms. The first kappa shape index (κ1) is 21.7. The van der Waals surface area contributed by atoms with Gasteiger partial charge in [-0.05, 0) is 47.9 Å². The maximum atomic E-state index is 12.8. The van der Waals surface area contributed by atoms with Gasteiger partial charge in [-0.2, -0.15) is 5.10 Å². The first-order valence-corrected chi connectivity index (χ1v) is 10.4. The molecule has 1 unspecified atom stereocenters. The molecule has 1 saturated heterocycles. The lowest BCUT2D eigenvalue weighted by Gasteiger charge is -2.16. The molecular weight excluding hydrogens is 402 g/mol. The monoisotopic (exact) mass is 427 g/mol. The Morgan fingerprint density at radius 2 is 1.77 bits per heavy atom. The van der Waals surface area contributed by atoms with Crippen molar-refractivity contribution in [3.63, 3.8) is 0 Å². The summed E-state index contributed by atoms with van der Waals surface area (Å²) in [5.74, 6) is 2.10. The number of methoxy groups -OCH3 is 3. The minimum Gasteiger partial charge on any atom is -0.497 e. The number of thioether (sulfide) groups is 1. The predicted octanol–water partition coefficient (Wildman–Crippen LogP) is 3.96. The Balaban J connectivity index is 1.79. The normalized spacial score (nSPS) is 17.7. The zero-order valence-electron chi connectivity index (χ0n) is 17.5. The highest BCUT2D eigenvalue weighted by Gasteiger charge is 2.36. The quantitative estimate of drug-likeness (QED) is 0.471. The molecule has 0 bridgehead atoms. The summed E-state index contributed by atoms with van der Waals surface area (Å²) in [6.07, 6.45) is 2.37. The SMILES string of the molecule is CCC1SC(=NN=Cc2ccc(OC)c(OC)c2)N(Cc2ccc(OC)cc2)C1=O. The van der Waals surface area contributed by atoms with Crippen LogP contribution in [0.15, 0.2) is 52.7 Å². The summed E-state index contributed by atoms with van der Waals surface area (Å²) in [4.78, 5) is 14.5. The zero-order valence-corrected chi connectivity index (χ0v) is 18.3. The summed E-state index contributed by atoms with van der Waals surface area (Å²) in [6, 6.07) is 13.1. The lowest BCUT2D eigenvalue weighted by molar-refractivity contribution is -0.126. The minimum absolute atomic E-state index is 0.0541. The van der Waals surface area contributed by atoms with Crippen molar-refractivity contribution in [2.45, 2.75) is 25.1 Å². The van der Waals surface area contributed by atoms with E-state index >= 15 is 0 Å². The number of nitrogens with zero attached hydrogens (tertiary/aromatic N) is 3. The van der Waals surface area contributed by atoms with Gasteiger partial charge in [-0.25, -0.2) is 0 Å². The molecule has 1 heterocycles. The van der Waals surface area contributed by atoms with Crippen LogP contribution in [-0.4, -0.2) is 48.8 Å². The van der Waals surface area contributed by atoms with Crippen molar-refractivity contribution in [3.8, 4) is 17.2 Å². The highest BCUT2D eigenvalue weighted by Crippen LogP contribution is 2.31. The summed E-state index contributed by atoms with van der Waals surface area (Å²) in [6.45, 7) is 2.44. The van der Waals surface area contributed by atoms with Crippen LogP contribution in [0.5, 0.6) is 17.2 Å². The van der Waals surface area contributed by atoms with Crippen LogP contribution in [0.25, 0.3) is 0 Å². The van der Waals surface area contributed by atoms with E-state index in [1.807, 2.05) is 49.4 Å². The van der Waals surface area contributed by atoms with Gasteiger partial charge in [-0.3, -0.25) is 9.69 Å².